The number of phenolic OH excluding ortho intramolecular Hbond substituents is 2. The summed E-state index contributed by atoms with van der Waals surface area (Å²) in [6, 6.07) is 5.70. The maximum Gasteiger partial charge on any atom is 0.482 e. The van der Waals surface area contributed by atoms with E-state index in [9.17, 15) is 0 Å². The molecule has 0 atom stereocenters. The average molecular weight is 155 g/mol. The third-order valence-corrected chi connectivity index (χ3v) is 0.850. The highest BCUT2D eigenvalue weighted by molar-refractivity contribution is 6.13. The first kappa shape index (κ1) is 9.80. The van der Waals surface area contributed by atoms with E-state index in [0.717, 1.165) is 0 Å². The second-order valence-electron chi connectivity index (χ2n) is 1.63. The standard InChI is InChI=1S/C6H6O2.BH2O2/c7-5-1-2-6(8)4-3-5;2-1-3/h1-4,7-8H;2-3H. The van der Waals surface area contributed by atoms with Crippen LogP contribution in [0.4, 0.5) is 0 Å². The fourth-order valence-corrected chi connectivity index (χ4v) is 0.453. The molecule has 0 aliphatic rings. The van der Waals surface area contributed by atoms with Crippen LogP contribution in [0, 0.1) is 0 Å². The van der Waals surface area contributed by atoms with E-state index in [1.54, 1.807) is 0 Å². The minimum absolute atomic E-state index is 0. The van der Waals surface area contributed by atoms with Crippen LogP contribution in [0.2, 0.25) is 0 Å². The first-order chi connectivity index (χ1) is 5.20. The van der Waals surface area contributed by atoms with Crippen LogP contribution in [0.1, 0.15) is 0 Å². The molecule has 0 bridgehead atoms. The van der Waals surface area contributed by atoms with Crippen molar-refractivity contribution < 1.29 is 20.3 Å². The second kappa shape index (κ2) is 5.58. The van der Waals surface area contributed by atoms with Crippen LogP contribution >= 0.6 is 0 Å². The molecule has 0 aliphatic heterocycles. The van der Waals surface area contributed by atoms with Crippen molar-refractivity contribution in [3.63, 3.8) is 0 Å². The summed E-state index contributed by atoms with van der Waals surface area (Å²) in [4.78, 5) is 0. The van der Waals surface area contributed by atoms with Gasteiger partial charge in [0.1, 0.15) is 11.5 Å². The number of phenols is 2. The SMILES string of the molecule is O[B]O.Oc1ccc(O)cc1. The van der Waals surface area contributed by atoms with E-state index in [2.05, 4.69) is 0 Å². The summed E-state index contributed by atoms with van der Waals surface area (Å²) >= 11 is 0. The third kappa shape index (κ3) is 5.26. The fourth-order valence-electron chi connectivity index (χ4n) is 0.453. The monoisotopic (exact) mass is 155 g/mol. The van der Waals surface area contributed by atoms with Crippen LogP contribution < -0.4 is 0 Å². The quantitative estimate of drug-likeness (QED) is 0.303. The van der Waals surface area contributed by atoms with Gasteiger partial charge in [-0.25, -0.2) is 0 Å². The Balaban J connectivity index is 0.000000292. The number of rotatable bonds is 0. The van der Waals surface area contributed by atoms with Crippen LogP contribution in [-0.4, -0.2) is 27.9 Å². The summed E-state index contributed by atoms with van der Waals surface area (Å²) in [7, 11) is 0. The normalized spacial score (nSPS) is 7.82. The van der Waals surface area contributed by atoms with Gasteiger partial charge >= 0.3 is 7.69 Å². The summed E-state index contributed by atoms with van der Waals surface area (Å²) in [5.74, 6) is 0.339. The zero-order valence-electron chi connectivity index (χ0n) is 5.68. The molecule has 59 valence electrons. The maximum absolute atomic E-state index is 8.65. The Hall–Kier alpha value is -1.20. The van der Waals surface area contributed by atoms with Gasteiger partial charge in [-0.2, -0.15) is 0 Å². The summed E-state index contributed by atoms with van der Waals surface area (Å²) in [6.45, 7) is 0. The molecular weight excluding hydrogens is 147 g/mol. The molecule has 1 radical (unpaired) electrons. The number of hydrogen-bond acceptors (Lipinski definition) is 4. The highest BCUT2D eigenvalue weighted by Gasteiger charge is 1.84. The Morgan fingerprint density at radius 3 is 1.18 bits per heavy atom. The molecule has 0 amide bonds. The first-order valence-electron chi connectivity index (χ1n) is 2.78. The third-order valence-electron chi connectivity index (χ3n) is 0.850. The molecule has 1 aromatic carbocycles. The van der Waals surface area contributed by atoms with Crippen molar-refractivity contribution in [2.75, 3.05) is 0 Å². The Morgan fingerprint density at radius 2 is 1.00 bits per heavy atom. The fraction of sp³-hybridized carbons (Fsp3) is 0. The highest BCUT2D eigenvalue weighted by Crippen LogP contribution is 2.13. The van der Waals surface area contributed by atoms with Gasteiger partial charge in [0, 0.05) is 0 Å². The summed E-state index contributed by atoms with van der Waals surface area (Å²) < 4.78 is 0. The van der Waals surface area contributed by atoms with E-state index in [0.29, 0.717) is 0 Å². The van der Waals surface area contributed by atoms with Gasteiger partial charge in [0.15, 0.2) is 0 Å². The molecule has 1 rings (SSSR count). The summed E-state index contributed by atoms with van der Waals surface area (Å²) in [5.41, 5.74) is 0. The summed E-state index contributed by atoms with van der Waals surface area (Å²) in [6.07, 6.45) is 0. The molecule has 4 nitrogen and oxygen atoms in total. The van der Waals surface area contributed by atoms with E-state index in [1.165, 1.54) is 24.3 Å². The lowest BCUT2D eigenvalue weighted by molar-refractivity contribution is 0.448. The second-order valence-corrected chi connectivity index (χ2v) is 1.63. The minimum Gasteiger partial charge on any atom is -0.508 e. The van der Waals surface area contributed by atoms with E-state index in [-0.39, 0.29) is 19.2 Å². The van der Waals surface area contributed by atoms with Gasteiger partial charge in [-0.05, 0) is 24.3 Å². The number of hydrogen-bond donors (Lipinski definition) is 4. The van der Waals surface area contributed by atoms with Crippen molar-refractivity contribution in [2.24, 2.45) is 0 Å². The molecule has 0 heterocycles. The number of benzene rings is 1. The van der Waals surface area contributed by atoms with Crippen molar-refractivity contribution in [3.05, 3.63) is 24.3 Å². The molecule has 0 saturated heterocycles. The largest absolute Gasteiger partial charge is 0.508 e. The van der Waals surface area contributed by atoms with Gasteiger partial charge in [-0.3, -0.25) is 0 Å². The van der Waals surface area contributed by atoms with E-state index in [1.807, 2.05) is 0 Å². The van der Waals surface area contributed by atoms with Gasteiger partial charge in [-0.1, -0.05) is 0 Å². The maximum atomic E-state index is 8.65. The van der Waals surface area contributed by atoms with Crippen LogP contribution in [0.5, 0.6) is 11.5 Å². The molecule has 0 spiro atoms. The van der Waals surface area contributed by atoms with Gasteiger partial charge in [0.25, 0.3) is 0 Å². The molecule has 0 fully saturated rings. The van der Waals surface area contributed by atoms with E-state index < -0.39 is 0 Å². The average Bonchev–Trinajstić information content (AvgIpc) is 1.97. The highest BCUT2D eigenvalue weighted by atomic mass is 16.4. The van der Waals surface area contributed by atoms with Crippen LogP contribution in [-0.2, 0) is 0 Å². The molecule has 0 aromatic heterocycles. The predicted molar refractivity (Wildman–Crippen MR) is 40.0 cm³/mol. The smallest absolute Gasteiger partial charge is 0.482 e. The Labute approximate surface area is 64.7 Å². The lowest BCUT2D eigenvalue weighted by atomic mass is 10.3. The molecule has 5 heteroatoms. The molecule has 0 saturated carbocycles. The summed E-state index contributed by atoms with van der Waals surface area (Å²) in [5, 5.41) is 31.3. The molecule has 0 aliphatic carbocycles. The van der Waals surface area contributed by atoms with E-state index in [4.69, 9.17) is 20.3 Å². The van der Waals surface area contributed by atoms with Crippen molar-refractivity contribution in [2.45, 2.75) is 0 Å². The van der Waals surface area contributed by atoms with Crippen LogP contribution in [0.3, 0.4) is 0 Å². The number of aromatic hydroxyl groups is 2. The Kier molecular flexibility index (Phi) is 4.97. The van der Waals surface area contributed by atoms with Gasteiger partial charge in [0.05, 0.1) is 0 Å². The topological polar surface area (TPSA) is 80.9 Å². The van der Waals surface area contributed by atoms with Crippen LogP contribution in [0.25, 0.3) is 0 Å². The van der Waals surface area contributed by atoms with Gasteiger partial charge in [0.2, 0.25) is 0 Å². The lowest BCUT2D eigenvalue weighted by Crippen LogP contribution is -1.75. The van der Waals surface area contributed by atoms with Crippen molar-refractivity contribution in [1.29, 1.82) is 0 Å². The minimum atomic E-state index is 0. The predicted octanol–water partition coefficient (Wildman–Crippen LogP) is -0.397. The van der Waals surface area contributed by atoms with E-state index >= 15 is 0 Å². The van der Waals surface area contributed by atoms with Gasteiger partial charge in [-0.15, -0.1) is 0 Å². The lowest BCUT2D eigenvalue weighted by Gasteiger charge is -1.88. The molecular formula is C6H8BO4. The van der Waals surface area contributed by atoms with Crippen molar-refractivity contribution in [1.82, 2.24) is 0 Å². The molecule has 1 aromatic rings. The Bertz CT molecular complexity index is 165. The molecule has 4 N–H and O–H groups in total. The Morgan fingerprint density at radius 1 is 0.818 bits per heavy atom. The van der Waals surface area contributed by atoms with Crippen LogP contribution in [0.15, 0.2) is 24.3 Å². The zero-order chi connectivity index (χ0) is 8.69. The van der Waals surface area contributed by atoms with Crippen molar-refractivity contribution in [3.8, 4) is 11.5 Å². The molecule has 0 unspecified atom stereocenters. The molecule has 11 heavy (non-hydrogen) atoms. The zero-order valence-corrected chi connectivity index (χ0v) is 5.68. The first-order valence-corrected chi connectivity index (χ1v) is 2.78. The van der Waals surface area contributed by atoms with Crippen molar-refractivity contribution >= 4 is 7.69 Å². The van der Waals surface area contributed by atoms with Gasteiger partial charge < -0.3 is 20.3 Å².